The first kappa shape index (κ1) is 92.5. The smallest absolute Gasteiger partial charge is 0.335 e. The highest BCUT2D eigenvalue weighted by Gasteiger charge is 2.43. The monoisotopic (exact) mass is 1440 g/mol. The van der Waals surface area contributed by atoms with Crippen LogP contribution < -0.4 is 16.0 Å². The van der Waals surface area contributed by atoms with Gasteiger partial charge in [0.25, 0.3) is 0 Å². The second kappa shape index (κ2) is 43.8. The van der Waals surface area contributed by atoms with Gasteiger partial charge in [-0.25, -0.2) is 9.59 Å². The molecule has 0 aromatic heterocycles. The molecule has 2 rings (SSSR count). The van der Waals surface area contributed by atoms with Crippen LogP contribution in [0.15, 0.2) is 95.7 Å². The van der Waals surface area contributed by atoms with Gasteiger partial charge in [-0.05, 0) is 139 Å². The molecule has 2 bridgehead atoms. The van der Waals surface area contributed by atoms with Crippen LogP contribution in [0.3, 0.4) is 0 Å². The summed E-state index contributed by atoms with van der Waals surface area (Å²) in [6, 6.07) is -4.46. The number of Topliss-reactive ketones (excluding diaryl/α,β-unsaturated/α-hetero) is 1. The maximum atomic E-state index is 14.2. The molecule has 0 aliphatic carbocycles. The molecule has 2 aliphatic rings. The van der Waals surface area contributed by atoms with Crippen LogP contribution in [0.2, 0.25) is 0 Å². The van der Waals surface area contributed by atoms with Gasteiger partial charge in [0.2, 0.25) is 17.7 Å². The first-order valence-corrected chi connectivity index (χ1v) is 36.6. The van der Waals surface area contributed by atoms with Crippen molar-refractivity contribution in [2.24, 2.45) is 64.1 Å². The summed E-state index contributed by atoms with van der Waals surface area (Å²) in [7, 11) is 1.61. The molecular formula is C79H131N3O20. The fraction of sp³-hybridized carbons (Fsp3) is 0.722. The largest absolute Gasteiger partial charge is 0.479 e. The van der Waals surface area contributed by atoms with Crippen LogP contribution in [0.1, 0.15) is 189 Å². The SMILES string of the molecule is CO[C@H]1/C=C\C=C/CC/C=C\C=C/C(=O)N[C@H]([C@H](O)C(=O)O)C(=O)O[C@H]([C@H](C)[C@H](O)[C@@H](NC(=O)[C@@H](C)[C@H](O)CC[C@@H](C)[C@@H](O)/C(C)=C/C(C)(C)[C@H](O)[C@H](CC(C)C)NC(=O)/C=C/C(C)(C)C(=O)[C@H](C)[C@H](O)C(C)C)[C@H](C)O)C/C=C(/C)[C@H](O)[C@H](C)/C=C(/C)[C@H](O)[C@@H](C)[C@@H](O)C[C@@H]2C[C@H](C)C[C@H]1O2. The number of amides is 3. The molecule has 0 aromatic rings. The lowest BCUT2D eigenvalue weighted by Gasteiger charge is -2.38. The molecule has 0 spiro atoms. The van der Waals surface area contributed by atoms with Gasteiger partial charge in [-0.1, -0.05) is 157 Å². The minimum atomic E-state index is -2.53. The molecule has 3 amide bonds. The number of hydrogen-bond acceptors (Lipinski definition) is 19. The minimum Gasteiger partial charge on any atom is -0.479 e. The fourth-order valence-corrected chi connectivity index (χ4v) is 13.4. The summed E-state index contributed by atoms with van der Waals surface area (Å²) in [5.41, 5.74) is -0.795. The topological polar surface area (TPSA) is 389 Å². The number of carbonyl (C=O) groups is 6. The molecule has 1 fully saturated rings. The quantitative estimate of drug-likeness (QED) is 0.0217. The molecule has 2 heterocycles. The number of ether oxygens (including phenoxy) is 3. The van der Waals surface area contributed by atoms with Crippen LogP contribution in [0.4, 0.5) is 0 Å². The average molecular weight is 1440 g/mol. The lowest BCUT2D eigenvalue weighted by molar-refractivity contribution is -0.167. The molecule has 0 aromatic carbocycles. The minimum absolute atomic E-state index is 0.00108. The standard InChI is InChI=1S/C79H131N3O20/c1-43(2)37-57(80-64(87)35-36-78(16,17)73(94)54(14)67(88)44(3)4)74(95)79(18,19)42-50(10)69(90)46(6)31-33-58(84)52(12)75(96)82-65(55(15)83)71(92)53(13)60-34-32-47(7)68(89)48(8)40-49(9)70(91)51(11)59(85)41-56-38-45(5)39-62(101-56)61(100-20)29-27-25-23-21-22-24-26-28-30-63(86)81-66(77(99)102-60)72(93)76(97)98/h23-30,32,35-36,40,42-46,48,51-62,65-72,74,83-85,88-93,95H,21-22,31,33-34,37-39,41H2,1-20H3,(H,80,87)(H,81,86)(H,82,96)(H,97,98)/b25-23-,26-24-,29-27-,30-28-,36-35+,47-32-,49-40-,50-42+/t45-,46+,48+,51-,52-,53-,54+,55-,56-,57-,58+,59-,60-,61-,62+,65-,66+,67+,68-,69+,70-,71-,72-,74+/m0/s1. The van der Waals surface area contributed by atoms with Gasteiger partial charge in [0, 0.05) is 54.1 Å². The van der Waals surface area contributed by atoms with Gasteiger partial charge in [0.1, 0.15) is 18.0 Å². The van der Waals surface area contributed by atoms with Gasteiger partial charge in [0.15, 0.2) is 12.1 Å². The number of cyclic esters (lactones) is 1. The third kappa shape index (κ3) is 29.8. The molecule has 14 N–H and O–H groups in total. The molecule has 23 heteroatoms. The molecule has 24 atom stereocenters. The Balaban J connectivity index is 2.47. The molecule has 0 saturated carbocycles. The highest BCUT2D eigenvalue weighted by atomic mass is 16.6. The number of fused-ring (bicyclic) bond motifs is 2. The van der Waals surface area contributed by atoms with E-state index in [0.717, 1.165) is 12.5 Å². The summed E-state index contributed by atoms with van der Waals surface area (Å²) in [6.45, 7) is 32.5. The van der Waals surface area contributed by atoms with E-state index in [2.05, 4.69) is 22.9 Å². The summed E-state index contributed by atoms with van der Waals surface area (Å²) in [5, 5.41) is 132. The number of hydrogen-bond donors (Lipinski definition) is 14. The molecule has 2 aliphatic heterocycles. The Kier molecular flexibility index (Phi) is 39.7. The number of allylic oxidation sites excluding steroid dienone is 7. The van der Waals surface area contributed by atoms with Crippen LogP contribution in [-0.4, -0.2) is 202 Å². The number of nitrogens with one attached hydrogen (secondary N) is 3. The van der Waals surface area contributed by atoms with Crippen molar-refractivity contribution >= 4 is 35.4 Å². The van der Waals surface area contributed by atoms with Crippen LogP contribution in [0.5, 0.6) is 0 Å². The Morgan fingerprint density at radius 3 is 1.95 bits per heavy atom. The number of ketones is 1. The highest BCUT2D eigenvalue weighted by Crippen LogP contribution is 2.35. The van der Waals surface area contributed by atoms with Gasteiger partial charge in [-0.2, -0.15) is 0 Å². The second-order valence-electron chi connectivity index (χ2n) is 31.3. The van der Waals surface area contributed by atoms with Gasteiger partial charge >= 0.3 is 11.9 Å². The molecule has 0 radical (unpaired) electrons. The van der Waals surface area contributed by atoms with Crippen molar-refractivity contribution < 1.29 is 99.1 Å². The predicted molar refractivity (Wildman–Crippen MR) is 393 cm³/mol. The number of esters is 1. The maximum absolute atomic E-state index is 14.2. The van der Waals surface area contributed by atoms with Gasteiger partial charge in [-0.15, -0.1) is 0 Å². The Labute approximate surface area is 607 Å². The van der Waals surface area contributed by atoms with E-state index in [0.29, 0.717) is 42.4 Å². The number of carboxylic acid groups (broad SMARTS) is 1. The third-order valence-electron chi connectivity index (χ3n) is 20.4. The van der Waals surface area contributed by atoms with Gasteiger partial charge in [-0.3, -0.25) is 19.2 Å². The summed E-state index contributed by atoms with van der Waals surface area (Å²) < 4.78 is 18.2. The van der Waals surface area contributed by atoms with E-state index in [1.54, 1.807) is 108 Å². The zero-order valence-corrected chi connectivity index (χ0v) is 64.5. The fourth-order valence-electron chi connectivity index (χ4n) is 13.4. The van der Waals surface area contributed by atoms with Crippen LogP contribution >= 0.6 is 0 Å². The van der Waals surface area contributed by atoms with E-state index in [1.807, 2.05) is 52.0 Å². The van der Waals surface area contributed by atoms with Crippen LogP contribution in [-0.2, 0) is 43.0 Å². The van der Waals surface area contributed by atoms with E-state index in [-0.39, 0.29) is 67.5 Å². The van der Waals surface area contributed by atoms with E-state index in [1.165, 1.54) is 45.1 Å². The first-order chi connectivity index (χ1) is 47.3. The Morgan fingerprint density at radius 1 is 0.775 bits per heavy atom. The van der Waals surface area contributed by atoms with Crippen molar-refractivity contribution in [3.05, 3.63) is 95.7 Å². The van der Waals surface area contributed by atoms with Gasteiger partial charge < -0.3 is 86.3 Å². The van der Waals surface area contributed by atoms with Crippen LogP contribution in [0.25, 0.3) is 0 Å². The zero-order valence-electron chi connectivity index (χ0n) is 64.5. The number of aliphatic hydroxyl groups is 10. The van der Waals surface area contributed by atoms with Crippen molar-refractivity contribution in [2.45, 2.75) is 293 Å². The van der Waals surface area contributed by atoms with E-state index in [4.69, 9.17) is 14.2 Å². The highest BCUT2D eigenvalue weighted by molar-refractivity contribution is 5.94. The molecule has 582 valence electrons. The molecule has 23 nitrogen and oxygen atoms in total. The van der Waals surface area contributed by atoms with E-state index >= 15 is 0 Å². The Morgan fingerprint density at radius 2 is 1.38 bits per heavy atom. The zero-order chi connectivity index (χ0) is 78.0. The second-order valence-corrected chi connectivity index (χ2v) is 31.3. The normalized spacial score (nSPS) is 30.4. The van der Waals surface area contributed by atoms with E-state index in [9.17, 15) is 84.9 Å². The first-order valence-electron chi connectivity index (χ1n) is 36.6. The van der Waals surface area contributed by atoms with E-state index < -0.39 is 161 Å². The van der Waals surface area contributed by atoms with Crippen molar-refractivity contribution in [3.63, 3.8) is 0 Å². The van der Waals surface area contributed by atoms with Crippen molar-refractivity contribution in [2.75, 3.05) is 7.11 Å². The molecule has 1 saturated heterocycles. The lowest BCUT2D eigenvalue weighted by Crippen LogP contribution is -2.57. The number of aliphatic hydroxyl groups excluding tert-OH is 10. The number of carboxylic acids is 1. The number of carbonyl (C=O) groups excluding carboxylic acids is 5. The average Bonchev–Trinajstić information content (AvgIpc) is 0.843. The van der Waals surface area contributed by atoms with Crippen LogP contribution in [0, 0.1) is 64.1 Å². The number of methoxy groups -OCH3 is 1. The molecule has 0 unspecified atom stereocenters. The number of rotatable bonds is 27. The van der Waals surface area contributed by atoms with Crippen molar-refractivity contribution in [1.29, 1.82) is 0 Å². The summed E-state index contributed by atoms with van der Waals surface area (Å²) in [6.07, 6.45) is 8.19. The molecule has 102 heavy (non-hydrogen) atoms. The predicted octanol–water partition coefficient (Wildman–Crippen LogP) is 7.38. The maximum Gasteiger partial charge on any atom is 0.335 e. The van der Waals surface area contributed by atoms with Gasteiger partial charge in [0.05, 0.1) is 85.1 Å². The number of aliphatic carboxylic acids is 1. The Bertz CT molecular complexity index is 2890. The summed E-state index contributed by atoms with van der Waals surface area (Å²) in [4.78, 5) is 80.6. The van der Waals surface area contributed by atoms with Crippen molar-refractivity contribution in [3.8, 4) is 0 Å². The summed E-state index contributed by atoms with van der Waals surface area (Å²) >= 11 is 0. The third-order valence-corrected chi connectivity index (χ3v) is 20.4. The summed E-state index contributed by atoms with van der Waals surface area (Å²) in [5.74, 6) is -10.6. The van der Waals surface area contributed by atoms with Crippen molar-refractivity contribution in [1.82, 2.24) is 16.0 Å². The Hall–Kier alpha value is -5.54. The molecular weight excluding hydrogens is 1310 g/mol. The lowest BCUT2D eigenvalue weighted by atomic mass is 9.77.